The molecule has 4 nitrogen and oxygen atoms in total. The zero-order valence-corrected chi connectivity index (χ0v) is 7.76. The van der Waals surface area contributed by atoms with Gasteiger partial charge in [0.05, 0.1) is 1.37 Å². The second-order valence-corrected chi connectivity index (χ2v) is 3.02. The summed E-state index contributed by atoms with van der Waals surface area (Å²) >= 11 is 0. The molecule has 1 heterocycles. The molecule has 0 bridgehead atoms. The van der Waals surface area contributed by atoms with Crippen LogP contribution in [0.5, 0.6) is 0 Å². The third-order valence-electron chi connectivity index (χ3n) is 1.52. The lowest BCUT2D eigenvalue weighted by molar-refractivity contribution is -0.290. The minimum absolute atomic E-state index is 0.588. The first kappa shape index (κ1) is 2.62. The number of amides is 1. The minimum Gasteiger partial charge on any atom is -0.353 e. The van der Waals surface area contributed by atoms with E-state index < -0.39 is 68.2 Å². The highest BCUT2D eigenvalue weighted by atomic mass is 16.5. The number of hydrogen-bond acceptors (Lipinski definition) is 2. The summed E-state index contributed by atoms with van der Waals surface area (Å²) in [7, 11) is 0. The first-order valence-electron chi connectivity index (χ1n) is 12.3. The van der Waals surface area contributed by atoms with Crippen molar-refractivity contribution in [2.75, 3.05) is 0 Å². The van der Waals surface area contributed by atoms with E-state index in [1.54, 1.807) is 0 Å². The summed E-state index contributed by atoms with van der Waals surface area (Å²) in [5.74, 6) is -1.46. The van der Waals surface area contributed by atoms with Gasteiger partial charge in [-0.2, -0.15) is 0 Å². The number of hydroxylamine groups is 2. The molecule has 1 fully saturated rings. The van der Waals surface area contributed by atoms with Crippen molar-refractivity contribution in [2.24, 2.45) is 0 Å². The lowest BCUT2D eigenvalue weighted by Gasteiger charge is -2.49. The number of rotatable bonds is 1. The molecule has 0 spiro atoms. The highest BCUT2D eigenvalue weighted by Gasteiger charge is 2.46. The Morgan fingerprint density at radius 3 is 2.27 bits per heavy atom. The van der Waals surface area contributed by atoms with Crippen molar-refractivity contribution in [1.29, 1.82) is 0 Å². The molecule has 0 saturated carbocycles. The van der Waals surface area contributed by atoms with E-state index in [1.807, 2.05) is 0 Å². The predicted molar refractivity (Wildman–Crippen MR) is 57.5 cm³/mol. The highest BCUT2D eigenvalue weighted by molar-refractivity contribution is 5.73. The quantitative estimate of drug-likeness (QED) is 0.742. The third kappa shape index (κ3) is 2.69. The molecule has 1 aliphatic rings. The molecule has 1 amide bonds. The molecular formula is C11H21N2O2. The average molecular weight is 230 g/mol. The van der Waals surface area contributed by atoms with Gasteiger partial charge >= 0.3 is 0 Å². The van der Waals surface area contributed by atoms with Crippen LogP contribution in [-0.4, -0.2) is 28.1 Å². The largest absolute Gasteiger partial charge is 0.353 e. The van der Waals surface area contributed by atoms with Crippen molar-refractivity contribution in [3.63, 3.8) is 0 Å². The predicted octanol–water partition coefficient (Wildman–Crippen LogP) is 1.49. The van der Waals surface area contributed by atoms with Crippen molar-refractivity contribution >= 4 is 5.91 Å². The Balaban J connectivity index is 4.65. The molecule has 87 valence electrons. The fraction of sp³-hybridized carbons (Fsp3) is 0.909. The maximum absolute atomic E-state index is 13.6. The molecule has 0 atom stereocenters. The number of carbonyl (C=O) groups is 1. The SMILES string of the molecule is [2H]C([2H])([2H])C1(C([2H])([2H])[2H])N([O])C(C([2H])([2H])[2H])(C([2H])([2H])[2H])C([2H])([2H])C([2H])(NC(C)=O)C1([2H])[2H]. The van der Waals surface area contributed by atoms with Crippen molar-refractivity contribution in [1.82, 2.24) is 10.4 Å². The molecule has 0 aromatic carbocycles. The van der Waals surface area contributed by atoms with Gasteiger partial charge in [-0.1, -0.05) is 0 Å². The van der Waals surface area contributed by atoms with E-state index in [0.29, 0.717) is 6.92 Å². The Hall–Kier alpha value is -0.610. The Morgan fingerprint density at radius 1 is 1.47 bits per heavy atom. The number of carbonyl (C=O) groups excluding carboxylic acids is 1. The van der Waals surface area contributed by atoms with Gasteiger partial charge in [0, 0.05) is 46.0 Å². The number of nitrogens with zero attached hydrogens (tertiary/aromatic N) is 1. The van der Waals surface area contributed by atoms with E-state index in [1.165, 1.54) is 5.32 Å². The third-order valence-corrected chi connectivity index (χ3v) is 1.52. The van der Waals surface area contributed by atoms with Crippen LogP contribution in [0.4, 0.5) is 0 Å². The second-order valence-electron chi connectivity index (χ2n) is 3.02. The van der Waals surface area contributed by atoms with Gasteiger partial charge in [-0.15, -0.1) is 10.3 Å². The fourth-order valence-electron chi connectivity index (χ4n) is 0.985. The molecule has 15 heavy (non-hydrogen) atoms. The van der Waals surface area contributed by atoms with Crippen LogP contribution < -0.4 is 5.32 Å². The van der Waals surface area contributed by atoms with E-state index in [-0.39, 0.29) is 0 Å². The van der Waals surface area contributed by atoms with Gasteiger partial charge in [-0.3, -0.25) is 4.79 Å². The molecule has 1 radical (unpaired) electrons. The molecule has 0 unspecified atom stereocenters. The van der Waals surface area contributed by atoms with Crippen LogP contribution in [0.2, 0.25) is 0 Å². The summed E-state index contributed by atoms with van der Waals surface area (Å²) < 4.78 is 134. The Kier molecular flexibility index (Phi) is 0.656. The van der Waals surface area contributed by atoms with Gasteiger partial charge in [0.25, 0.3) is 0 Å². The van der Waals surface area contributed by atoms with E-state index in [2.05, 4.69) is 0 Å². The van der Waals surface area contributed by atoms with Crippen LogP contribution in [0.15, 0.2) is 0 Å². The van der Waals surface area contributed by atoms with Crippen molar-refractivity contribution in [3.05, 3.63) is 0 Å². The summed E-state index contributed by atoms with van der Waals surface area (Å²) in [4.78, 5) is 11.8. The first-order chi connectivity index (χ1) is 13.6. The Labute approximate surface area is 115 Å². The van der Waals surface area contributed by atoms with Crippen molar-refractivity contribution < 1.29 is 33.3 Å². The molecule has 1 aliphatic heterocycles. The van der Waals surface area contributed by atoms with Gasteiger partial charge in [0.1, 0.15) is 0 Å². The van der Waals surface area contributed by atoms with Crippen LogP contribution in [0, 0.1) is 0 Å². The van der Waals surface area contributed by atoms with Crippen LogP contribution >= 0.6 is 0 Å². The first-order valence-corrected chi connectivity index (χ1v) is 3.83. The summed E-state index contributed by atoms with van der Waals surface area (Å²) in [6.07, 6.45) is -8.82. The van der Waals surface area contributed by atoms with Crippen molar-refractivity contribution in [3.8, 4) is 0 Å². The van der Waals surface area contributed by atoms with E-state index in [9.17, 15) is 10.0 Å². The van der Waals surface area contributed by atoms with E-state index >= 15 is 0 Å². The molecule has 1 rings (SSSR count). The Bertz CT molecular complexity index is 680. The molecule has 4 heteroatoms. The lowest BCUT2D eigenvalue weighted by atomic mass is 9.79. The Morgan fingerprint density at radius 2 is 1.93 bits per heavy atom. The molecule has 1 N–H and O–H groups in total. The molecule has 0 aromatic heterocycles. The topological polar surface area (TPSA) is 52.2 Å². The van der Waals surface area contributed by atoms with Crippen LogP contribution in [0.1, 0.15) is 70.4 Å². The van der Waals surface area contributed by atoms with E-state index in [0.717, 1.165) is 0 Å². The van der Waals surface area contributed by atoms with Crippen LogP contribution in [0.25, 0.3) is 0 Å². The standard InChI is InChI=1S/C11H21N2O2/c1-8(14)12-9-6-10(2,3)13(15)11(4,5)7-9/h9H,6-7H2,1-5H3,(H,12,14)/i2D3,3D3,4D3,5D3,6D2,7D2,9D. The summed E-state index contributed by atoms with van der Waals surface area (Å²) in [6, 6.07) is -4.20. The lowest BCUT2D eigenvalue weighted by Crippen LogP contribution is -2.62. The van der Waals surface area contributed by atoms with E-state index in [4.69, 9.17) is 23.3 Å². The van der Waals surface area contributed by atoms with Gasteiger partial charge in [-0.25, -0.2) is 0 Å². The minimum atomic E-state index is -4.62. The fourth-order valence-corrected chi connectivity index (χ4v) is 0.985. The molecular weight excluding hydrogens is 192 g/mol. The summed E-state index contributed by atoms with van der Waals surface area (Å²) in [5.41, 5.74) is -9.24. The number of piperidine rings is 1. The van der Waals surface area contributed by atoms with Gasteiger partial charge < -0.3 is 5.32 Å². The van der Waals surface area contributed by atoms with Gasteiger partial charge in [0.15, 0.2) is 0 Å². The van der Waals surface area contributed by atoms with Gasteiger partial charge in [-0.05, 0) is 40.2 Å². The van der Waals surface area contributed by atoms with Gasteiger partial charge in [0.2, 0.25) is 5.91 Å². The number of nitrogens with one attached hydrogen (secondary N) is 1. The van der Waals surface area contributed by atoms with Crippen LogP contribution in [-0.2, 0) is 10.0 Å². The summed E-state index contributed by atoms with van der Waals surface area (Å²) in [5, 5.41) is 13.4. The second kappa shape index (κ2) is 3.76. The molecule has 0 aliphatic carbocycles. The highest BCUT2D eigenvalue weighted by Crippen LogP contribution is 2.36. The maximum atomic E-state index is 13.6. The van der Waals surface area contributed by atoms with Crippen molar-refractivity contribution in [2.45, 2.75) is 64.2 Å². The zero-order valence-electron chi connectivity index (χ0n) is 24.8. The monoisotopic (exact) mass is 230 g/mol. The molecule has 0 aromatic rings. The maximum Gasteiger partial charge on any atom is 0.217 e. The average Bonchev–Trinajstić information content (AvgIpc) is 2.38. The molecule has 1 saturated heterocycles. The van der Waals surface area contributed by atoms with Crippen LogP contribution in [0.3, 0.4) is 0 Å². The smallest absolute Gasteiger partial charge is 0.217 e. The normalized spacial score (nSPS) is 55.2. The zero-order chi connectivity index (χ0) is 26.4. The number of hydrogen-bond donors (Lipinski definition) is 1. The summed E-state index contributed by atoms with van der Waals surface area (Å²) in [6.45, 7) is -16.8.